The number of anilines is 2. The minimum Gasteiger partial charge on any atom is -0.382 e. The van der Waals surface area contributed by atoms with Crippen molar-refractivity contribution in [1.82, 2.24) is 10.3 Å². The molecule has 1 aromatic rings. The van der Waals surface area contributed by atoms with Gasteiger partial charge in [0, 0.05) is 11.6 Å². The molecular formula is C13H22N4OS. The molecular weight excluding hydrogens is 260 g/mol. The van der Waals surface area contributed by atoms with E-state index in [-0.39, 0.29) is 11.4 Å². The van der Waals surface area contributed by atoms with Gasteiger partial charge in [-0.3, -0.25) is 4.79 Å². The summed E-state index contributed by atoms with van der Waals surface area (Å²) >= 11 is 1.34. The number of nitrogens with two attached hydrogens (primary N) is 1. The van der Waals surface area contributed by atoms with Gasteiger partial charge < -0.3 is 16.4 Å². The van der Waals surface area contributed by atoms with Crippen LogP contribution in [-0.4, -0.2) is 22.5 Å². The summed E-state index contributed by atoms with van der Waals surface area (Å²) in [6, 6.07) is 0.512. The van der Waals surface area contributed by atoms with Crippen molar-refractivity contribution in [3.05, 3.63) is 4.88 Å². The molecule has 0 aromatic carbocycles. The van der Waals surface area contributed by atoms with E-state index in [9.17, 15) is 4.79 Å². The van der Waals surface area contributed by atoms with Crippen LogP contribution in [0.15, 0.2) is 0 Å². The molecule has 0 aliphatic heterocycles. The van der Waals surface area contributed by atoms with Crippen LogP contribution in [0, 0.1) is 0 Å². The molecule has 4 N–H and O–H groups in total. The lowest BCUT2D eigenvalue weighted by molar-refractivity contribution is 0.0906. The van der Waals surface area contributed by atoms with E-state index in [1.54, 1.807) is 0 Å². The molecule has 0 spiro atoms. The monoisotopic (exact) mass is 282 g/mol. The van der Waals surface area contributed by atoms with Crippen LogP contribution < -0.4 is 16.4 Å². The van der Waals surface area contributed by atoms with Gasteiger partial charge in [-0.1, -0.05) is 25.2 Å². The van der Waals surface area contributed by atoms with Crippen LogP contribution in [0.4, 0.5) is 10.9 Å². The fourth-order valence-electron chi connectivity index (χ4n) is 1.72. The van der Waals surface area contributed by atoms with Gasteiger partial charge in [-0.25, -0.2) is 4.98 Å². The first-order chi connectivity index (χ1) is 8.97. The molecule has 1 saturated carbocycles. The first-order valence-electron chi connectivity index (χ1n) is 6.82. The van der Waals surface area contributed by atoms with Crippen LogP contribution in [0.2, 0.25) is 0 Å². The van der Waals surface area contributed by atoms with Crippen LogP contribution in [0.25, 0.3) is 0 Å². The molecule has 0 unspecified atom stereocenters. The highest BCUT2D eigenvalue weighted by Crippen LogP contribution is 2.31. The molecule has 2 rings (SSSR count). The lowest BCUT2D eigenvalue weighted by Gasteiger charge is -2.27. The van der Waals surface area contributed by atoms with Crippen molar-refractivity contribution >= 4 is 28.2 Å². The molecule has 106 valence electrons. The second kappa shape index (κ2) is 5.36. The maximum Gasteiger partial charge on any atom is 0.265 e. The molecule has 0 atom stereocenters. The van der Waals surface area contributed by atoms with E-state index in [4.69, 9.17) is 5.73 Å². The summed E-state index contributed by atoms with van der Waals surface area (Å²) in [5.41, 5.74) is 5.66. The minimum atomic E-state index is -0.183. The van der Waals surface area contributed by atoms with Crippen LogP contribution in [-0.2, 0) is 0 Å². The summed E-state index contributed by atoms with van der Waals surface area (Å²) in [4.78, 5) is 17.0. The lowest BCUT2D eigenvalue weighted by Crippen LogP contribution is -2.44. The molecule has 5 nitrogen and oxygen atoms in total. The van der Waals surface area contributed by atoms with Crippen LogP contribution in [0.5, 0.6) is 0 Å². The number of rotatable bonds is 6. The summed E-state index contributed by atoms with van der Waals surface area (Å²) in [5.74, 6) is 0.199. The maximum atomic E-state index is 12.3. The molecule has 1 aromatic heterocycles. The first kappa shape index (κ1) is 14.1. The number of thiazole rings is 1. The van der Waals surface area contributed by atoms with Gasteiger partial charge in [-0.05, 0) is 32.6 Å². The molecule has 0 radical (unpaired) electrons. The van der Waals surface area contributed by atoms with Gasteiger partial charge >= 0.3 is 0 Å². The Morgan fingerprint density at radius 1 is 1.47 bits per heavy atom. The number of hydrogen-bond acceptors (Lipinski definition) is 5. The van der Waals surface area contributed by atoms with Gasteiger partial charge in [0.05, 0.1) is 0 Å². The predicted octanol–water partition coefficient (Wildman–Crippen LogP) is 2.61. The number of amides is 1. The number of aromatic nitrogens is 1. The third-order valence-corrected chi connectivity index (χ3v) is 4.74. The zero-order valence-corrected chi connectivity index (χ0v) is 12.6. The average Bonchev–Trinajstić information content (AvgIpc) is 3.11. The van der Waals surface area contributed by atoms with E-state index < -0.39 is 0 Å². The van der Waals surface area contributed by atoms with Crippen LogP contribution >= 0.6 is 11.3 Å². The number of nitrogen functional groups attached to an aromatic ring is 1. The Morgan fingerprint density at radius 3 is 2.63 bits per heavy atom. The Labute approximate surface area is 118 Å². The second-order valence-electron chi connectivity index (χ2n) is 5.37. The van der Waals surface area contributed by atoms with Gasteiger partial charge in [-0.15, -0.1) is 0 Å². The highest BCUT2D eigenvalue weighted by atomic mass is 32.1. The largest absolute Gasteiger partial charge is 0.382 e. The highest BCUT2D eigenvalue weighted by Gasteiger charge is 2.27. The SMILES string of the molecule is CCC(C)(CC)NC(=O)c1sc(NC2CC2)nc1N. The summed E-state index contributed by atoms with van der Waals surface area (Å²) in [6.07, 6.45) is 4.12. The predicted molar refractivity (Wildman–Crippen MR) is 79.6 cm³/mol. The highest BCUT2D eigenvalue weighted by molar-refractivity contribution is 7.18. The Balaban J connectivity index is 2.07. The standard InChI is InChI=1S/C13H22N4OS/c1-4-13(3,5-2)17-11(18)9-10(14)16-12(19-9)15-8-6-7-8/h8H,4-7,14H2,1-3H3,(H,15,16)(H,17,18). The van der Waals surface area contributed by atoms with E-state index in [0.717, 1.165) is 18.0 Å². The maximum absolute atomic E-state index is 12.3. The average molecular weight is 282 g/mol. The van der Waals surface area contributed by atoms with Crippen molar-refractivity contribution in [2.75, 3.05) is 11.1 Å². The molecule has 19 heavy (non-hydrogen) atoms. The molecule has 6 heteroatoms. The van der Waals surface area contributed by atoms with Gasteiger partial charge in [-0.2, -0.15) is 0 Å². The van der Waals surface area contributed by atoms with E-state index in [1.807, 2.05) is 6.92 Å². The molecule has 1 aliphatic rings. The number of carbonyl (C=O) groups excluding carboxylic acids is 1. The summed E-state index contributed by atoms with van der Waals surface area (Å²) in [5, 5.41) is 7.08. The van der Waals surface area contributed by atoms with Crippen molar-refractivity contribution in [1.29, 1.82) is 0 Å². The smallest absolute Gasteiger partial charge is 0.265 e. The summed E-state index contributed by atoms with van der Waals surface area (Å²) in [6.45, 7) is 6.19. The Morgan fingerprint density at radius 2 is 2.11 bits per heavy atom. The normalized spacial score (nSPS) is 15.3. The van der Waals surface area contributed by atoms with Crippen LogP contribution in [0.3, 0.4) is 0 Å². The molecule has 1 fully saturated rings. The quantitative estimate of drug-likeness (QED) is 0.749. The minimum absolute atomic E-state index is 0.120. The molecule has 0 bridgehead atoms. The summed E-state index contributed by atoms with van der Waals surface area (Å²) < 4.78 is 0. The van der Waals surface area contributed by atoms with E-state index in [2.05, 4.69) is 29.5 Å². The van der Waals surface area contributed by atoms with Crippen molar-refractivity contribution in [3.63, 3.8) is 0 Å². The Hall–Kier alpha value is -1.30. The van der Waals surface area contributed by atoms with E-state index in [0.29, 0.717) is 16.7 Å². The van der Waals surface area contributed by atoms with Crippen molar-refractivity contribution in [2.24, 2.45) is 0 Å². The zero-order chi connectivity index (χ0) is 14.0. The van der Waals surface area contributed by atoms with Gasteiger partial charge in [0.15, 0.2) is 5.13 Å². The van der Waals surface area contributed by atoms with Crippen molar-refractivity contribution in [3.8, 4) is 0 Å². The number of nitrogens with zero attached hydrogens (tertiary/aromatic N) is 1. The fraction of sp³-hybridized carbons (Fsp3) is 0.692. The molecule has 1 aliphatic carbocycles. The number of nitrogens with one attached hydrogen (secondary N) is 2. The topological polar surface area (TPSA) is 80.0 Å². The zero-order valence-electron chi connectivity index (χ0n) is 11.7. The summed E-state index contributed by atoms with van der Waals surface area (Å²) in [7, 11) is 0. The van der Waals surface area contributed by atoms with Crippen molar-refractivity contribution in [2.45, 2.75) is 58.0 Å². The van der Waals surface area contributed by atoms with Crippen LogP contribution in [0.1, 0.15) is 56.1 Å². The Kier molecular flexibility index (Phi) is 3.99. The third kappa shape index (κ3) is 3.37. The Bertz CT molecular complexity index is 463. The molecule has 0 saturated heterocycles. The van der Waals surface area contributed by atoms with Gasteiger partial charge in [0.1, 0.15) is 10.7 Å². The fourth-order valence-corrected chi connectivity index (χ4v) is 2.57. The van der Waals surface area contributed by atoms with Gasteiger partial charge in [0.2, 0.25) is 0 Å². The van der Waals surface area contributed by atoms with Crippen molar-refractivity contribution < 1.29 is 4.79 Å². The van der Waals surface area contributed by atoms with E-state index >= 15 is 0 Å². The van der Waals surface area contributed by atoms with Gasteiger partial charge in [0.25, 0.3) is 5.91 Å². The first-order valence-corrected chi connectivity index (χ1v) is 7.64. The molecule has 1 amide bonds. The lowest BCUT2D eigenvalue weighted by atomic mass is 9.95. The van der Waals surface area contributed by atoms with E-state index in [1.165, 1.54) is 24.2 Å². The number of carbonyl (C=O) groups is 1. The molecule has 1 heterocycles. The second-order valence-corrected chi connectivity index (χ2v) is 6.37. The number of hydrogen-bond donors (Lipinski definition) is 3. The third-order valence-electron chi connectivity index (χ3n) is 3.74.